The molecular formula is C37H42O6. The summed E-state index contributed by atoms with van der Waals surface area (Å²) in [6.07, 6.45) is -2.73. The molecular weight excluding hydrogens is 540 g/mol. The third-order valence-corrected chi connectivity index (χ3v) is 7.25. The van der Waals surface area contributed by atoms with Crippen LogP contribution in [0.5, 0.6) is 0 Å². The zero-order valence-electron chi connectivity index (χ0n) is 25.0. The van der Waals surface area contributed by atoms with Gasteiger partial charge in [-0.2, -0.15) is 0 Å². The third kappa shape index (κ3) is 9.57. The van der Waals surface area contributed by atoms with E-state index in [4.69, 9.17) is 28.4 Å². The van der Waals surface area contributed by atoms with Crippen LogP contribution in [-0.2, 0) is 54.8 Å². The van der Waals surface area contributed by atoms with Gasteiger partial charge < -0.3 is 28.4 Å². The van der Waals surface area contributed by atoms with Gasteiger partial charge in [0.25, 0.3) is 0 Å². The van der Waals surface area contributed by atoms with Gasteiger partial charge in [0, 0.05) is 0 Å². The maximum Gasteiger partial charge on any atom is 0.187 e. The van der Waals surface area contributed by atoms with Crippen LogP contribution < -0.4 is 0 Å². The predicted octanol–water partition coefficient (Wildman–Crippen LogP) is 7.11. The fraction of sp³-hybridized carbons (Fsp3) is 0.351. The fourth-order valence-corrected chi connectivity index (χ4v) is 5.12. The summed E-state index contributed by atoms with van der Waals surface area (Å²) in [4.78, 5) is 0. The van der Waals surface area contributed by atoms with Crippen molar-refractivity contribution in [1.82, 2.24) is 0 Å². The van der Waals surface area contributed by atoms with E-state index in [-0.39, 0.29) is 6.10 Å². The molecule has 5 atom stereocenters. The number of rotatable bonds is 15. The molecule has 226 valence electrons. The van der Waals surface area contributed by atoms with Gasteiger partial charge in [0.15, 0.2) is 6.29 Å². The maximum absolute atomic E-state index is 6.71. The van der Waals surface area contributed by atoms with E-state index >= 15 is 0 Å². The molecule has 4 aromatic carbocycles. The summed E-state index contributed by atoms with van der Waals surface area (Å²) in [5.74, 6) is 0. The maximum atomic E-state index is 6.71. The predicted molar refractivity (Wildman–Crippen MR) is 166 cm³/mol. The Morgan fingerprint density at radius 2 is 0.907 bits per heavy atom. The second kappa shape index (κ2) is 16.5. The second-order valence-electron chi connectivity index (χ2n) is 11.0. The minimum atomic E-state index is -0.675. The Morgan fingerprint density at radius 3 is 1.35 bits per heavy atom. The molecule has 1 fully saturated rings. The minimum absolute atomic E-state index is 0.0877. The van der Waals surface area contributed by atoms with Gasteiger partial charge in [-0.3, -0.25) is 0 Å². The van der Waals surface area contributed by atoms with E-state index in [0.717, 1.165) is 22.3 Å². The highest BCUT2D eigenvalue weighted by atomic mass is 16.7. The van der Waals surface area contributed by atoms with Gasteiger partial charge in [-0.15, -0.1) is 0 Å². The summed E-state index contributed by atoms with van der Waals surface area (Å²) in [7, 11) is 0. The smallest absolute Gasteiger partial charge is 0.187 e. The average Bonchev–Trinajstić information content (AvgIpc) is 3.04. The van der Waals surface area contributed by atoms with Crippen LogP contribution in [0.15, 0.2) is 121 Å². The summed E-state index contributed by atoms with van der Waals surface area (Å²) in [5, 5.41) is 0. The molecule has 0 saturated carbocycles. The van der Waals surface area contributed by atoms with E-state index in [0.29, 0.717) is 33.0 Å². The highest BCUT2D eigenvalue weighted by molar-refractivity contribution is 5.16. The summed E-state index contributed by atoms with van der Waals surface area (Å²) >= 11 is 0. The van der Waals surface area contributed by atoms with E-state index in [1.54, 1.807) is 0 Å². The number of hydrogen-bond acceptors (Lipinski definition) is 6. The van der Waals surface area contributed by atoms with Crippen molar-refractivity contribution in [3.05, 3.63) is 144 Å². The van der Waals surface area contributed by atoms with Gasteiger partial charge in [-0.05, 0) is 36.1 Å². The molecule has 6 heteroatoms. The Bertz CT molecular complexity index is 1300. The molecule has 0 radical (unpaired) electrons. The molecule has 6 nitrogen and oxygen atoms in total. The van der Waals surface area contributed by atoms with Crippen LogP contribution in [0.2, 0.25) is 0 Å². The van der Waals surface area contributed by atoms with E-state index in [9.17, 15) is 0 Å². The van der Waals surface area contributed by atoms with Crippen LogP contribution >= 0.6 is 0 Å². The SMILES string of the molecule is CC(C)O[C@H]1O[C@H](COCc2ccccc2)[C@@H](OCc2ccccc2)[C@H](OCc2ccccc2)[C@H]1OCc1ccccc1. The van der Waals surface area contributed by atoms with Crippen molar-refractivity contribution in [2.75, 3.05) is 6.61 Å². The van der Waals surface area contributed by atoms with Crippen LogP contribution in [0, 0.1) is 0 Å². The van der Waals surface area contributed by atoms with Crippen molar-refractivity contribution >= 4 is 0 Å². The summed E-state index contributed by atoms with van der Waals surface area (Å²) in [6.45, 7) is 5.95. The van der Waals surface area contributed by atoms with Gasteiger partial charge in [-0.25, -0.2) is 0 Å². The van der Waals surface area contributed by atoms with Crippen molar-refractivity contribution in [3.63, 3.8) is 0 Å². The first-order chi connectivity index (χ1) is 21.2. The lowest BCUT2D eigenvalue weighted by Crippen LogP contribution is -2.62. The molecule has 0 amide bonds. The molecule has 0 N–H and O–H groups in total. The third-order valence-electron chi connectivity index (χ3n) is 7.25. The molecule has 0 spiro atoms. The van der Waals surface area contributed by atoms with Crippen LogP contribution in [-0.4, -0.2) is 43.4 Å². The summed E-state index contributed by atoms with van der Waals surface area (Å²) < 4.78 is 39.2. The zero-order valence-corrected chi connectivity index (χ0v) is 25.0. The van der Waals surface area contributed by atoms with Crippen molar-refractivity contribution in [3.8, 4) is 0 Å². The molecule has 1 aliphatic heterocycles. The lowest BCUT2D eigenvalue weighted by molar-refractivity contribution is -0.334. The molecule has 0 aromatic heterocycles. The normalized spacial score (nSPS) is 22.1. The highest BCUT2D eigenvalue weighted by Crippen LogP contribution is 2.32. The molecule has 0 aliphatic carbocycles. The van der Waals surface area contributed by atoms with Crippen molar-refractivity contribution in [1.29, 1.82) is 0 Å². The van der Waals surface area contributed by atoms with Crippen molar-refractivity contribution in [2.45, 2.75) is 77.1 Å². The molecule has 0 bridgehead atoms. The standard InChI is InChI=1S/C37H42O6/c1-28(2)42-37-36(41-26-32-21-13-6-14-22-32)35(40-25-31-19-11-5-12-20-31)34(39-24-30-17-9-4-10-18-30)33(43-37)27-38-23-29-15-7-3-8-16-29/h3-22,28,33-37H,23-27H2,1-2H3/t33-,34-,35+,36-,37+/m1/s1. The number of hydrogen-bond donors (Lipinski definition) is 0. The highest BCUT2D eigenvalue weighted by Gasteiger charge is 2.49. The number of ether oxygens (including phenoxy) is 6. The molecule has 4 aromatic rings. The summed E-state index contributed by atoms with van der Waals surface area (Å²) in [5.41, 5.74) is 4.28. The van der Waals surface area contributed by atoms with Gasteiger partial charge in [-0.1, -0.05) is 121 Å². The van der Waals surface area contributed by atoms with E-state index in [1.807, 2.05) is 98.8 Å². The van der Waals surface area contributed by atoms with Crippen LogP contribution in [0.3, 0.4) is 0 Å². The van der Waals surface area contributed by atoms with Crippen LogP contribution in [0.4, 0.5) is 0 Å². The molecule has 5 rings (SSSR count). The molecule has 1 saturated heterocycles. The molecule has 1 heterocycles. The van der Waals surface area contributed by atoms with Crippen LogP contribution in [0.25, 0.3) is 0 Å². The summed E-state index contributed by atoms with van der Waals surface area (Å²) in [6, 6.07) is 40.5. The number of benzene rings is 4. The van der Waals surface area contributed by atoms with Crippen molar-refractivity contribution < 1.29 is 28.4 Å². The Labute approximate surface area is 255 Å². The Morgan fingerprint density at radius 1 is 0.512 bits per heavy atom. The lowest BCUT2D eigenvalue weighted by Gasteiger charge is -2.46. The van der Waals surface area contributed by atoms with Gasteiger partial charge in [0.1, 0.15) is 24.4 Å². The minimum Gasteiger partial charge on any atom is -0.374 e. The first-order valence-electron chi connectivity index (χ1n) is 15.0. The molecule has 0 unspecified atom stereocenters. The Hall–Kier alpha value is -3.36. The zero-order chi connectivity index (χ0) is 29.7. The largest absolute Gasteiger partial charge is 0.374 e. The second-order valence-corrected chi connectivity index (χ2v) is 11.0. The van der Waals surface area contributed by atoms with E-state index in [2.05, 4.69) is 36.4 Å². The molecule has 1 aliphatic rings. The lowest BCUT2D eigenvalue weighted by atomic mass is 9.97. The Kier molecular flexibility index (Phi) is 11.9. The van der Waals surface area contributed by atoms with Gasteiger partial charge in [0.2, 0.25) is 0 Å². The quantitative estimate of drug-likeness (QED) is 0.149. The van der Waals surface area contributed by atoms with E-state index < -0.39 is 30.7 Å². The monoisotopic (exact) mass is 582 g/mol. The first kappa shape index (κ1) is 31.1. The fourth-order valence-electron chi connectivity index (χ4n) is 5.12. The average molecular weight is 583 g/mol. The molecule has 43 heavy (non-hydrogen) atoms. The van der Waals surface area contributed by atoms with Gasteiger partial charge in [0.05, 0.1) is 39.1 Å². The van der Waals surface area contributed by atoms with Gasteiger partial charge >= 0.3 is 0 Å². The first-order valence-corrected chi connectivity index (χ1v) is 15.0. The van der Waals surface area contributed by atoms with Crippen molar-refractivity contribution in [2.24, 2.45) is 0 Å². The topological polar surface area (TPSA) is 55.4 Å². The Balaban J connectivity index is 1.42. The van der Waals surface area contributed by atoms with Crippen LogP contribution in [0.1, 0.15) is 36.1 Å². The van der Waals surface area contributed by atoms with E-state index in [1.165, 1.54) is 0 Å².